The van der Waals surface area contributed by atoms with Crippen LogP contribution in [-0.2, 0) is 10.0 Å². The van der Waals surface area contributed by atoms with Crippen LogP contribution >= 0.6 is 0 Å². The molecule has 0 amide bonds. The number of nitrogens with one attached hydrogen (secondary N) is 1. The monoisotopic (exact) mass is 312 g/mol. The molecule has 0 bridgehead atoms. The van der Waals surface area contributed by atoms with Gasteiger partial charge in [0.15, 0.2) is 0 Å². The summed E-state index contributed by atoms with van der Waals surface area (Å²) >= 11 is 0. The normalized spacial score (nSPS) is 21.2. The van der Waals surface area contributed by atoms with E-state index in [0.717, 1.165) is 19.3 Å². The van der Waals surface area contributed by atoms with Gasteiger partial charge in [0, 0.05) is 19.3 Å². The number of hydrogen-bond donors (Lipinski definition) is 2. The average molecular weight is 312 g/mol. The number of sulfonamides is 1. The highest BCUT2D eigenvalue weighted by Gasteiger charge is 2.28. The van der Waals surface area contributed by atoms with Crippen LogP contribution in [0.25, 0.3) is 0 Å². The molecule has 0 radical (unpaired) electrons. The van der Waals surface area contributed by atoms with Crippen molar-refractivity contribution in [2.24, 2.45) is 17.7 Å². The van der Waals surface area contributed by atoms with E-state index in [9.17, 15) is 8.42 Å². The molecule has 0 spiro atoms. The number of nitrogens with zero attached hydrogens (tertiary/aromatic N) is 2. The predicted molar refractivity (Wildman–Crippen MR) is 83.0 cm³/mol. The lowest BCUT2D eigenvalue weighted by atomic mass is 9.89. The fourth-order valence-corrected chi connectivity index (χ4v) is 4.21. The Morgan fingerprint density at radius 1 is 1.33 bits per heavy atom. The molecule has 1 aliphatic rings. The molecule has 1 fully saturated rings. The highest BCUT2D eigenvalue weighted by molar-refractivity contribution is 7.89. The Morgan fingerprint density at radius 2 is 2.10 bits per heavy atom. The van der Waals surface area contributed by atoms with Gasteiger partial charge in [-0.1, -0.05) is 13.8 Å². The summed E-state index contributed by atoms with van der Waals surface area (Å²) in [6, 6.07) is 3.12. The van der Waals surface area contributed by atoms with E-state index in [0.29, 0.717) is 30.7 Å². The summed E-state index contributed by atoms with van der Waals surface area (Å²) in [4.78, 5) is 4.21. The number of rotatable bonds is 4. The van der Waals surface area contributed by atoms with E-state index in [4.69, 9.17) is 5.84 Å². The van der Waals surface area contributed by atoms with E-state index in [1.165, 1.54) is 6.20 Å². The first kappa shape index (κ1) is 16.2. The van der Waals surface area contributed by atoms with E-state index in [1.807, 2.05) is 0 Å². The largest absolute Gasteiger partial charge is 0.308 e. The lowest BCUT2D eigenvalue weighted by Crippen LogP contribution is -2.32. The number of hydrazine groups is 1. The minimum Gasteiger partial charge on any atom is -0.308 e. The molecule has 1 aromatic rings. The molecule has 118 valence electrons. The van der Waals surface area contributed by atoms with Crippen molar-refractivity contribution in [3.63, 3.8) is 0 Å². The fourth-order valence-electron chi connectivity index (χ4n) is 2.77. The summed E-state index contributed by atoms with van der Waals surface area (Å²) in [5.74, 6) is 6.90. The fraction of sp³-hybridized carbons (Fsp3) is 0.643. The number of anilines is 1. The van der Waals surface area contributed by atoms with Crippen molar-refractivity contribution in [2.75, 3.05) is 18.5 Å². The predicted octanol–water partition coefficient (Wildman–Crippen LogP) is 1.81. The molecule has 7 heteroatoms. The van der Waals surface area contributed by atoms with Crippen molar-refractivity contribution in [1.29, 1.82) is 0 Å². The first-order valence-electron chi connectivity index (χ1n) is 7.38. The van der Waals surface area contributed by atoms with Crippen molar-refractivity contribution in [2.45, 2.75) is 38.0 Å². The molecule has 2 rings (SSSR count). The molecular weight excluding hydrogens is 288 g/mol. The van der Waals surface area contributed by atoms with Gasteiger partial charge in [-0.2, -0.15) is 4.31 Å². The minimum atomic E-state index is -3.46. The molecule has 1 aliphatic heterocycles. The molecule has 21 heavy (non-hydrogen) atoms. The molecular formula is C14H24N4O2S. The Labute approximate surface area is 126 Å². The van der Waals surface area contributed by atoms with Crippen molar-refractivity contribution in [3.05, 3.63) is 18.3 Å². The van der Waals surface area contributed by atoms with E-state index in [-0.39, 0.29) is 4.90 Å². The van der Waals surface area contributed by atoms with Gasteiger partial charge in [-0.3, -0.25) is 0 Å². The summed E-state index contributed by atoms with van der Waals surface area (Å²) < 4.78 is 26.9. The molecule has 1 unspecified atom stereocenters. The van der Waals surface area contributed by atoms with E-state index in [1.54, 1.807) is 16.4 Å². The molecule has 0 aliphatic carbocycles. The lowest BCUT2D eigenvalue weighted by Gasteiger charge is -2.21. The third kappa shape index (κ3) is 3.72. The molecule has 1 atom stereocenters. The van der Waals surface area contributed by atoms with Crippen LogP contribution in [0.4, 0.5) is 5.82 Å². The van der Waals surface area contributed by atoms with Crippen LogP contribution in [0.15, 0.2) is 23.2 Å². The number of nitrogen functional groups attached to an aromatic ring is 1. The maximum absolute atomic E-state index is 12.7. The van der Waals surface area contributed by atoms with Gasteiger partial charge in [-0.15, -0.1) is 0 Å². The van der Waals surface area contributed by atoms with Crippen LogP contribution in [0.3, 0.4) is 0 Å². The standard InChI is InChI=1S/C14H24N4O2S/c1-11(2)12-4-3-8-18(9-7-12)21(19,20)13-5-6-14(17-15)16-10-13/h5-6,10-12H,3-4,7-9,15H2,1-2H3,(H,16,17). The quantitative estimate of drug-likeness (QED) is 0.654. The third-order valence-electron chi connectivity index (χ3n) is 4.20. The van der Waals surface area contributed by atoms with Crippen LogP contribution in [-0.4, -0.2) is 30.8 Å². The van der Waals surface area contributed by atoms with Gasteiger partial charge in [0.2, 0.25) is 10.0 Å². The Hall–Kier alpha value is -1.18. The van der Waals surface area contributed by atoms with E-state index >= 15 is 0 Å². The average Bonchev–Trinajstić information content (AvgIpc) is 2.73. The van der Waals surface area contributed by atoms with Crippen molar-refractivity contribution in [1.82, 2.24) is 9.29 Å². The van der Waals surface area contributed by atoms with Gasteiger partial charge in [-0.25, -0.2) is 19.2 Å². The number of aromatic nitrogens is 1. The highest BCUT2D eigenvalue weighted by atomic mass is 32.2. The lowest BCUT2D eigenvalue weighted by molar-refractivity contribution is 0.340. The molecule has 3 N–H and O–H groups in total. The molecule has 1 saturated heterocycles. The number of hydrogen-bond acceptors (Lipinski definition) is 5. The second-order valence-corrected chi connectivity index (χ2v) is 7.80. The second-order valence-electron chi connectivity index (χ2n) is 5.86. The maximum Gasteiger partial charge on any atom is 0.244 e. The van der Waals surface area contributed by atoms with E-state index in [2.05, 4.69) is 24.3 Å². The van der Waals surface area contributed by atoms with Crippen LogP contribution in [0.5, 0.6) is 0 Å². The molecule has 0 aromatic carbocycles. The van der Waals surface area contributed by atoms with Crippen molar-refractivity contribution < 1.29 is 8.42 Å². The van der Waals surface area contributed by atoms with Crippen molar-refractivity contribution in [3.8, 4) is 0 Å². The summed E-state index contributed by atoms with van der Waals surface area (Å²) in [6.45, 7) is 5.58. The van der Waals surface area contributed by atoms with Gasteiger partial charge in [0.05, 0.1) is 0 Å². The van der Waals surface area contributed by atoms with Crippen molar-refractivity contribution >= 4 is 15.8 Å². The van der Waals surface area contributed by atoms with Crippen LogP contribution in [0.1, 0.15) is 33.1 Å². The minimum absolute atomic E-state index is 0.226. The third-order valence-corrected chi connectivity index (χ3v) is 6.08. The molecule has 2 heterocycles. The zero-order valence-electron chi connectivity index (χ0n) is 12.6. The van der Waals surface area contributed by atoms with Crippen LogP contribution in [0, 0.1) is 11.8 Å². The SMILES string of the molecule is CC(C)C1CCCN(S(=O)(=O)c2ccc(NN)nc2)CC1. The van der Waals surface area contributed by atoms with Crippen LogP contribution in [0.2, 0.25) is 0 Å². The number of nitrogens with two attached hydrogens (primary N) is 1. The topological polar surface area (TPSA) is 88.3 Å². The van der Waals surface area contributed by atoms with Gasteiger partial charge in [0.1, 0.15) is 10.7 Å². The Morgan fingerprint density at radius 3 is 2.67 bits per heavy atom. The number of pyridine rings is 1. The second kappa shape index (κ2) is 6.72. The van der Waals surface area contributed by atoms with Gasteiger partial charge in [0.25, 0.3) is 0 Å². The molecule has 1 aromatic heterocycles. The van der Waals surface area contributed by atoms with E-state index < -0.39 is 10.0 Å². The highest BCUT2D eigenvalue weighted by Crippen LogP contribution is 2.27. The summed E-state index contributed by atoms with van der Waals surface area (Å²) in [5, 5.41) is 0. The molecule has 6 nitrogen and oxygen atoms in total. The summed E-state index contributed by atoms with van der Waals surface area (Å²) in [7, 11) is -3.46. The molecule has 0 saturated carbocycles. The van der Waals surface area contributed by atoms with Gasteiger partial charge >= 0.3 is 0 Å². The zero-order chi connectivity index (χ0) is 15.5. The summed E-state index contributed by atoms with van der Waals surface area (Å²) in [5.41, 5.74) is 2.39. The first-order valence-corrected chi connectivity index (χ1v) is 8.82. The Kier molecular flexibility index (Phi) is 5.18. The Bertz CT molecular complexity index is 557. The first-order chi connectivity index (χ1) is 9.95. The maximum atomic E-state index is 12.7. The summed E-state index contributed by atoms with van der Waals surface area (Å²) in [6.07, 6.45) is 4.29. The van der Waals surface area contributed by atoms with Gasteiger partial charge in [-0.05, 0) is 43.2 Å². The van der Waals surface area contributed by atoms with Crippen LogP contribution < -0.4 is 11.3 Å². The zero-order valence-corrected chi connectivity index (χ0v) is 13.4. The smallest absolute Gasteiger partial charge is 0.244 e. The Balaban J connectivity index is 2.15. The van der Waals surface area contributed by atoms with Gasteiger partial charge < -0.3 is 5.43 Å².